The Balaban J connectivity index is 0.00000363. The first-order chi connectivity index (χ1) is 15.0. The number of likely N-dealkylation sites (tertiary alicyclic amines) is 1. The summed E-state index contributed by atoms with van der Waals surface area (Å²) >= 11 is 0. The molecule has 3 rings (SSSR count). The Morgan fingerprint density at radius 2 is 1.84 bits per heavy atom. The number of sulfonamides is 1. The monoisotopic (exact) mass is 571 g/mol. The number of benzene rings is 2. The second-order valence-electron chi connectivity index (χ2n) is 7.68. The van der Waals surface area contributed by atoms with Crippen molar-refractivity contribution in [3.8, 4) is 0 Å². The highest BCUT2D eigenvalue weighted by Crippen LogP contribution is 2.19. The fourth-order valence-corrected chi connectivity index (χ4v) is 4.61. The lowest BCUT2D eigenvalue weighted by Crippen LogP contribution is -2.44. The predicted molar refractivity (Wildman–Crippen MR) is 141 cm³/mol. The van der Waals surface area contributed by atoms with Crippen molar-refractivity contribution in [3.05, 3.63) is 65.7 Å². The van der Waals surface area contributed by atoms with Gasteiger partial charge < -0.3 is 10.6 Å². The number of nitrogens with zero attached hydrogens (tertiary/aromatic N) is 2. The molecular weight excluding hydrogens is 537 g/mol. The van der Waals surface area contributed by atoms with E-state index in [1.807, 2.05) is 13.0 Å². The first-order valence-corrected chi connectivity index (χ1v) is 12.3. The van der Waals surface area contributed by atoms with E-state index in [1.165, 1.54) is 25.5 Å². The molecule has 0 saturated carbocycles. The highest BCUT2D eigenvalue weighted by Gasteiger charge is 2.24. The second kappa shape index (κ2) is 13.1. The molecule has 0 aliphatic carbocycles. The van der Waals surface area contributed by atoms with Gasteiger partial charge in [0.05, 0.1) is 11.4 Å². The summed E-state index contributed by atoms with van der Waals surface area (Å²) in [5, 5.41) is 6.76. The van der Waals surface area contributed by atoms with Crippen LogP contribution in [0.1, 0.15) is 30.9 Å². The largest absolute Gasteiger partial charge is 0.357 e. The number of halogens is 1. The molecule has 1 fully saturated rings. The van der Waals surface area contributed by atoms with E-state index in [4.69, 9.17) is 0 Å². The Labute approximate surface area is 209 Å². The van der Waals surface area contributed by atoms with E-state index in [1.54, 1.807) is 18.2 Å². The van der Waals surface area contributed by atoms with Crippen molar-refractivity contribution in [2.45, 2.75) is 43.8 Å². The molecule has 0 spiro atoms. The zero-order chi connectivity index (χ0) is 22.1. The lowest BCUT2D eigenvalue weighted by molar-refractivity contribution is 0.245. The van der Waals surface area contributed by atoms with Gasteiger partial charge in [-0.1, -0.05) is 42.5 Å². The minimum Gasteiger partial charge on any atom is -0.357 e. The Kier molecular flexibility index (Phi) is 10.9. The number of rotatable bonds is 9. The van der Waals surface area contributed by atoms with Gasteiger partial charge in [0.15, 0.2) is 5.96 Å². The fraction of sp³-hybridized carbons (Fsp3) is 0.435. The van der Waals surface area contributed by atoms with Crippen LogP contribution in [-0.2, 0) is 23.1 Å². The van der Waals surface area contributed by atoms with Gasteiger partial charge in [0.1, 0.15) is 0 Å². The number of hydrogen-bond acceptors (Lipinski definition) is 4. The zero-order valence-electron chi connectivity index (χ0n) is 18.8. The molecule has 1 saturated heterocycles. The van der Waals surface area contributed by atoms with Crippen LogP contribution in [0.25, 0.3) is 0 Å². The minimum absolute atomic E-state index is 0. The molecule has 2 aromatic rings. The van der Waals surface area contributed by atoms with Gasteiger partial charge in [-0.2, -0.15) is 0 Å². The van der Waals surface area contributed by atoms with Crippen LogP contribution >= 0.6 is 24.0 Å². The molecule has 1 aliphatic rings. The van der Waals surface area contributed by atoms with Gasteiger partial charge in [-0.15, -0.1) is 24.0 Å². The van der Waals surface area contributed by atoms with Crippen molar-refractivity contribution in [3.63, 3.8) is 0 Å². The van der Waals surface area contributed by atoms with Crippen LogP contribution in [0.2, 0.25) is 0 Å². The van der Waals surface area contributed by atoms with Crippen molar-refractivity contribution in [1.82, 2.24) is 20.3 Å². The van der Waals surface area contributed by atoms with E-state index in [0.717, 1.165) is 37.7 Å². The molecule has 0 radical (unpaired) electrons. The van der Waals surface area contributed by atoms with Crippen molar-refractivity contribution >= 4 is 40.0 Å². The van der Waals surface area contributed by atoms with Gasteiger partial charge in [-0.25, -0.2) is 18.1 Å². The van der Waals surface area contributed by atoms with Gasteiger partial charge in [0.2, 0.25) is 10.0 Å². The average molecular weight is 572 g/mol. The first kappa shape index (κ1) is 26.6. The van der Waals surface area contributed by atoms with E-state index in [-0.39, 0.29) is 28.9 Å². The maximum atomic E-state index is 12.0. The third-order valence-corrected chi connectivity index (χ3v) is 6.89. The lowest BCUT2D eigenvalue weighted by Gasteiger charge is -2.25. The maximum Gasteiger partial charge on any atom is 0.240 e. The summed E-state index contributed by atoms with van der Waals surface area (Å²) in [6, 6.07) is 17.9. The molecule has 32 heavy (non-hydrogen) atoms. The Morgan fingerprint density at radius 3 is 2.56 bits per heavy atom. The molecule has 0 amide bonds. The predicted octanol–water partition coefficient (Wildman–Crippen LogP) is 2.93. The summed E-state index contributed by atoms with van der Waals surface area (Å²) in [6.07, 6.45) is 2.38. The normalized spacial score (nSPS) is 17.1. The van der Waals surface area contributed by atoms with Gasteiger partial charge >= 0.3 is 0 Å². The molecule has 0 bridgehead atoms. The Bertz CT molecular complexity index is 969. The van der Waals surface area contributed by atoms with Gasteiger partial charge in [0.25, 0.3) is 0 Å². The summed E-state index contributed by atoms with van der Waals surface area (Å²) in [5.41, 5.74) is 2.19. The third-order valence-electron chi connectivity index (χ3n) is 5.47. The van der Waals surface area contributed by atoms with Crippen molar-refractivity contribution in [2.75, 3.05) is 26.7 Å². The number of guanidine groups is 1. The smallest absolute Gasteiger partial charge is 0.240 e. The highest BCUT2D eigenvalue weighted by molar-refractivity contribution is 14.0. The van der Waals surface area contributed by atoms with E-state index >= 15 is 0 Å². The Hall–Kier alpha value is -1.69. The summed E-state index contributed by atoms with van der Waals surface area (Å²) in [6.45, 7) is 6.11. The molecule has 176 valence electrons. The van der Waals surface area contributed by atoms with Gasteiger partial charge in [0, 0.05) is 25.7 Å². The van der Waals surface area contributed by atoms with Crippen molar-refractivity contribution in [2.24, 2.45) is 4.99 Å². The highest BCUT2D eigenvalue weighted by atomic mass is 127. The number of hydrogen-bond donors (Lipinski definition) is 3. The molecule has 1 atom stereocenters. The molecule has 1 heterocycles. The maximum absolute atomic E-state index is 12.0. The van der Waals surface area contributed by atoms with Gasteiger partial charge in [-0.3, -0.25) is 4.90 Å². The summed E-state index contributed by atoms with van der Waals surface area (Å²) in [4.78, 5) is 7.44. The molecule has 7 nitrogen and oxygen atoms in total. The summed E-state index contributed by atoms with van der Waals surface area (Å²) in [5.74, 6) is 0.746. The van der Waals surface area contributed by atoms with Crippen LogP contribution in [0.5, 0.6) is 0 Å². The average Bonchev–Trinajstić information content (AvgIpc) is 3.23. The van der Waals surface area contributed by atoms with Crippen LogP contribution in [0.15, 0.2) is 64.5 Å². The molecule has 1 aliphatic heterocycles. The van der Waals surface area contributed by atoms with Crippen molar-refractivity contribution in [1.29, 1.82) is 0 Å². The summed E-state index contributed by atoms with van der Waals surface area (Å²) < 4.78 is 26.4. The molecule has 0 aromatic heterocycles. The molecule has 1 unspecified atom stereocenters. The van der Waals surface area contributed by atoms with Crippen LogP contribution in [0.3, 0.4) is 0 Å². The SMILES string of the molecule is CCNC(=NCc1cccc(S(=O)(=O)NC)c1)NCC1CCCN1Cc1ccccc1.I. The third kappa shape index (κ3) is 7.72. The van der Waals surface area contributed by atoms with E-state index in [2.05, 4.69) is 55.6 Å². The molecule has 9 heteroatoms. The first-order valence-electron chi connectivity index (χ1n) is 10.8. The quantitative estimate of drug-likeness (QED) is 0.245. The fourth-order valence-electron chi connectivity index (χ4n) is 3.81. The van der Waals surface area contributed by atoms with E-state index in [9.17, 15) is 8.42 Å². The topological polar surface area (TPSA) is 85.8 Å². The molecule has 2 aromatic carbocycles. The lowest BCUT2D eigenvalue weighted by atomic mass is 10.2. The van der Waals surface area contributed by atoms with E-state index < -0.39 is 10.0 Å². The minimum atomic E-state index is -3.46. The number of nitrogens with one attached hydrogen (secondary N) is 3. The van der Waals surface area contributed by atoms with Crippen LogP contribution < -0.4 is 15.4 Å². The Morgan fingerprint density at radius 1 is 1.09 bits per heavy atom. The second-order valence-corrected chi connectivity index (χ2v) is 9.57. The molecule has 3 N–H and O–H groups in total. The van der Waals surface area contributed by atoms with Crippen LogP contribution in [0, 0.1) is 0 Å². The van der Waals surface area contributed by atoms with Gasteiger partial charge in [-0.05, 0) is 56.6 Å². The molecular formula is C23H34IN5O2S. The summed E-state index contributed by atoms with van der Waals surface area (Å²) in [7, 11) is -2.04. The number of aliphatic imine (C=N–C) groups is 1. The van der Waals surface area contributed by atoms with Crippen molar-refractivity contribution < 1.29 is 8.42 Å². The standard InChI is InChI=1S/C23H33N5O2S.HI/c1-3-25-23(26-16-20-11-7-13-22(15-20)31(29,30)24-2)27-17-21-12-8-14-28(21)18-19-9-5-4-6-10-19;/h4-7,9-11,13,15,21,24H,3,8,12,14,16-18H2,1-2H3,(H2,25,26,27);1H. The van der Waals surface area contributed by atoms with Crippen LogP contribution in [0.4, 0.5) is 0 Å². The zero-order valence-corrected chi connectivity index (χ0v) is 21.9. The van der Waals surface area contributed by atoms with Crippen LogP contribution in [-0.4, -0.2) is 52.0 Å². The van der Waals surface area contributed by atoms with E-state index in [0.29, 0.717) is 12.6 Å².